The summed E-state index contributed by atoms with van der Waals surface area (Å²) in [5, 5.41) is 4.64. The molecule has 3 rings (SSSR count). The molecule has 1 aliphatic rings. The van der Waals surface area contributed by atoms with Gasteiger partial charge >= 0.3 is 0 Å². The molecule has 0 bridgehead atoms. The minimum atomic E-state index is 0.621. The molecule has 0 saturated heterocycles. The smallest absolute Gasteiger partial charge is 0.138 e. The largest absolute Gasteiger partial charge is 0.368 e. The zero-order chi connectivity index (χ0) is 14.1. The molecular weight excluding hydrogens is 268 g/mol. The van der Waals surface area contributed by atoms with Crippen LogP contribution in [-0.2, 0) is 19.3 Å². The van der Waals surface area contributed by atoms with E-state index in [1.165, 1.54) is 28.7 Å². The average molecular weight is 290 g/mol. The molecule has 0 spiro atoms. The van der Waals surface area contributed by atoms with Crippen LogP contribution in [0, 0.1) is 5.92 Å². The molecule has 0 amide bonds. The molecule has 0 fully saturated rings. The molecule has 3 N–H and O–H groups in total. The number of hydrogen-bond donors (Lipinski definition) is 2. The van der Waals surface area contributed by atoms with Gasteiger partial charge in [-0.05, 0) is 30.7 Å². The van der Waals surface area contributed by atoms with Gasteiger partial charge in [-0.25, -0.2) is 9.97 Å². The van der Waals surface area contributed by atoms with Crippen LogP contribution in [0.3, 0.4) is 0 Å². The Labute approximate surface area is 123 Å². The maximum atomic E-state index is 5.62. The molecule has 0 aliphatic heterocycles. The first-order chi connectivity index (χ1) is 9.72. The van der Waals surface area contributed by atoms with Crippen LogP contribution in [0.15, 0.2) is 0 Å². The van der Waals surface area contributed by atoms with Gasteiger partial charge < -0.3 is 11.1 Å². The number of thiophene rings is 1. The Morgan fingerprint density at radius 3 is 3.00 bits per heavy atom. The summed E-state index contributed by atoms with van der Waals surface area (Å²) in [6.07, 6.45) is 4.48. The van der Waals surface area contributed by atoms with Gasteiger partial charge in [0.1, 0.15) is 16.5 Å². The lowest BCUT2D eigenvalue weighted by Gasteiger charge is -2.18. The van der Waals surface area contributed by atoms with Gasteiger partial charge in [0.25, 0.3) is 0 Å². The zero-order valence-electron chi connectivity index (χ0n) is 12.2. The highest BCUT2D eigenvalue weighted by Gasteiger charge is 2.23. The normalized spacial score (nSPS) is 18.2. The van der Waals surface area contributed by atoms with Gasteiger partial charge in [0.05, 0.1) is 5.39 Å². The molecule has 1 atom stereocenters. The van der Waals surface area contributed by atoms with Crippen molar-refractivity contribution in [1.29, 1.82) is 0 Å². The van der Waals surface area contributed by atoms with Gasteiger partial charge in [0.15, 0.2) is 0 Å². The summed E-state index contributed by atoms with van der Waals surface area (Å²) >= 11 is 1.86. The van der Waals surface area contributed by atoms with E-state index in [0.717, 1.165) is 41.8 Å². The van der Waals surface area contributed by atoms with Gasteiger partial charge in [0.2, 0.25) is 0 Å². The van der Waals surface area contributed by atoms with E-state index in [2.05, 4.69) is 24.1 Å². The Morgan fingerprint density at radius 2 is 2.25 bits per heavy atom. The molecule has 0 radical (unpaired) electrons. The number of nitrogens with zero attached hydrogens (tertiary/aromatic N) is 2. The summed E-state index contributed by atoms with van der Waals surface area (Å²) in [7, 11) is 0. The van der Waals surface area contributed by atoms with Crippen molar-refractivity contribution in [2.75, 3.05) is 18.4 Å². The maximum Gasteiger partial charge on any atom is 0.138 e. The Morgan fingerprint density at radius 1 is 1.40 bits per heavy atom. The van der Waals surface area contributed by atoms with Crippen molar-refractivity contribution < 1.29 is 0 Å². The van der Waals surface area contributed by atoms with E-state index in [1.54, 1.807) is 0 Å². The molecule has 0 unspecified atom stereocenters. The van der Waals surface area contributed by atoms with Crippen molar-refractivity contribution in [1.82, 2.24) is 9.97 Å². The Bertz CT molecular complexity index is 620. The van der Waals surface area contributed by atoms with E-state index in [9.17, 15) is 0 Å². The lowest BCUT2D eigenvalue weighted by molar-refractivity contribution is 0.509. The lowest BCUT2D eigenvalue weighted by atomic mass is 9.89. The van der Waals surface area contributed by atoms with E-state index in [4.69, 9.17) is 10.7 Å². The fourth-order valence-corrected chi connectivity index (χ4v) is 4.26. The third-order valence-corrected chi connectivity index (χ3v) is 5.10. The third-order valence-electron chi connectivity index (χ3n) is 3.95. The molecule has 1 aliphatic carbocycles. The molecule has 2 aromatic rings. The average Bonchev–Trinajstić information content (AvgIpc) is 2.81. The van der Waals surface area contributed by atoms with Crippen molar-refractivity contribution in [3.8, 4) is 0 Å². The van der Waals surface area contributed by atoms with Gasteiger partial charge in [-0.1, -0.05) is 13.8 Å². The number of aryl methyl sites for hydroxylation is 2. The third kappa shape index (κ3) is 2.40. The SMILES string of the molecule is CCc1nc(NCCN)c2c3c(sc2n1)C[C@H](C)CC3. The van der Waals surface area contributed by atoms with Crippen LogP contribution in [0.4, 0.5) is 5.82 Å². The zero-order valence-corrected chi connectivity index (χ0v) is 13.0. The van der Waals surface area contributed by atoms with Gasteiger partial charge in [-0.15, -0.1) is 11.3 Å². The summed E-state index contributed by atoms with van der Waals surface area (Å²) in [4.78, 5) is 12.1. The van der Waals surface area contributed by atoms with Crippen molar-refractivity contribution >= 4 is 27.4 Å². The first-order valence-electron chi connectivity index (χ1n) is 7.48. The molecule has 20 heavy (non-hydrogen) atoms. The van der Waals surface area contributed by atoms with E-state index in [1.807, 2.05) is 11.3 Å². The highest BCUT2D eigenvalue weighted by atomic mass is 32.1. The summed E-state index contributed by atoms with van der Waals surface area (Å²) in [6, 6.07) is 0. The number of fused-ring (bicyclic) bond motifs is 3. The van der Waals surface area contributed by atoms with Crippen LogP contribution >= 0.6 is 11.3 Å². The predicted molar refractivity (Wildman–Crippen MR) is 85.5 cm³/mol. The molecule has 0 aromatic carbocycles. The number of nitrogens with one attached hydrogen (secondary N) is 1. The monoisotopic (exact) mass is 290 g/mol. The van der Waals surface area contributed by atoms with E-state index in [0.29, 0.717) is 6.54 Å². The Kier molecular flexibility index (Phi) is 3.89. The number of anilines is 1. The van der Waals surface area contributed by atoms with Crippen molar-refractivity contribution in [3.05, 3.63) is 16.3 Å². The summed E-state index contributed by atoms with van der Waals surface area (Å²) in [5.41, 5.74) is 7.10. The fourth-order valence-electron chi connectivity index (χ4n) is 2.86. The van der Waals surface area contributed by atoms with Crippen LogP contribution < -0.4 is 11.1 Å². The molecule has 2 aromatic heterocycles. The fraction of sp³-hybridized carbons (Fsp3) is 0.600. The molecule has 2 heterocycles. The molecule has 4 nitrogen and oxygen atoms in total. The van der Waals surface area contributed by atoms with Crippen LogP contribution in [0.5, 0.6) is 0 Å². The predicted octanol–water partition coefficient (Wildman–Crippen LogP) is 2.75. The number of aromatic nitrogens is 2. The van der Waals surface area contributed by atoms with Crippen LogP contribution in [0.25, 0.3) is 10.2 Å². The second kappa shape index (κ2) is 5.66. The number of hydrogen-bond acceptors (Lipinski definition) is 5. The van der Waals surface area contributed by atoms with Crippen LogP contribution in [0.1, 0.15) is 36.5 Å². The second-order valence-corrected chi connectivity index (χ2v) is 6.67. The highest BCUT2D eigenvalue weighted by molar-refractivity contribution is 7.19. The van der Waals surface area contributed by atoms with Gasteiger partial charge in [-0.2, -0.15) is 0 Å². The molecule has 108 valence electrons. The van der Waals surface area contributed by atoms with E-state index >= 15 is 0 Å². The van der Waals surface area contributed by atoms with E-state index < -0.39 is 0 Å². The summed E-state index contributed by atoms with van der Waals surface area (Å²) in [6.45, 7) is 5.82. The summed E-state index contributed by atoms with van der Waals surface area (Å²) in [5.74, 6) is 2.70. The van der Waals surface area contributed by atoms with Crippen molar-refractivity contribution in [3.63, 3.8) is 0 Å². The summed E-state index contributed by atoms with van der Waals surface area (Å²) < 4.78 is 0. The molecular formula is C15H22N4S. The first-order valence-corrected chi connectivity index (χ1v) is 8.29. The lowest BCUT2D eigenvalue weighted by Crippen LogP contribution is -2.15. The quantitative estimate of drug-likeness (QED) is 0.909. The molecule has 0 saturated carbocycles. The van der Waals surface area contributed by atoms with Gasteiger partial charge in [0, 0.05) is 24.4 Å². The van der Waals surface area contributed by atoms with Crippen LogP contribution in [0.2, 0.25) is 0 Å². The Balaban J connectivity index is 2.13. The topological polar surface area (TPSA) is 63.8 Å². The van der Waals surface area contributed by atoms with Crippen LogP contribution in [-0.4, -0.2) is 23.1 Å². The number of nitrogens with two attached hydrogens (primary N) is 1. The second-order valence-electron chi connectivity index (χ2n) is 5.59. The Hall–Kier alpha value is -1.20. The van der Waals surface area contributed by atoms with Crippen molar-refractivity contribution in [2.24, 2.45) is 11.7 Å². The molecule has 5 heteroatoms. The standard InChI is InChI=1S/C15H22N4S/c1-3-12-18-14(17-7-6-16)13-10-5-4-9(2)8-11(10)20-15(13)19-12/h9H,3-8,16H2,1-2H3,(H,17,18,19)/t9-/m1/s1. The van der Waals surface area contributed by atoms with Gasteiger partial charge in [-0.3, -0.25) is 0 Å². The van der Waals surface area contributed by atoms with Crippen molar-refractivity contribution in [2.45, 2.75) is 39.5 Å². The minimum absolute atomic E-state index is 0.621. The minimum Gasteiger partial charge on any atom is -0.368 e. The number of rotatable bonds is 4. The maximum absolute atomic E-state index is 5.62. The highest BCUT2D eigenvalue weighted by Crippen LogP contribution is 2.39. The van der Waals surface area contributed by atoms with E-state index in [-0.39, 0.29) is 0 Å². The first kappa shape index (κ1) is 13.8.